The molecule has 4 rings (SSSR count). The minimum atomic E-state index is -1.03. The number of amides is 2. The van der Waals surface area contributed by atoms with E-state index in [9.17, 15) is 14.7 Å². The van der Waals surface area contributed by atoms with Crippen molar-refractivity contribution in [2.45, 2.75) is 51.2 Å². The van der Waals surface area contributed by atoms with Crippen LogP contribution in [-0.2, 0) is 4.79 Å². The molecule has 10 nitrogen and oxygen atoms in total. The summed E-state index contributed by atoms with van der Waals surface area (Å²) < 4.78 is 0. The predicted octanol–water partition coefficient (Wildman–Crippen LogP) is 1.53. The molecule has 0 saturated carbocycles. The highest BCUT2D eigenvalue weighted by Crippen LogP contribution is 2.23. The fraction of sp³-hybridized carbons (Fsp3) is 0.467. The van der Waals surface area contributed by atoms with Crippen LogP contribution in [0.3, 0.4) is 0 Å². The highest BCUT2D eigenvalue weighted by Gasteiger charge is 2.27. The number of rotatable bonds is 6. The number of piperidine rings is 1. The first-order chi connectivity index (χ1) is 19.0. The summed E-state index contributed by atoms with van der Waals surface area (Å²) in [6.07, 6.45) is 10.6. The maximum absolute atomic E-state index is 13.0. The van der Waals surface area contributed by atoms with Crippen LogP contribution in [0.4, 0.5) is 5.69 Å². The van der Waals surface area contributed by atoms with Gasteiger partial charge in [-0.2, -0.15) is 4.99 Å². The summed E-state index contributed by atoms with van der Waals surface area (Å²) in [4.78, 5) is 40.4. The number of benzene rings is 1. The summed E-state index contributed by atoms with van der Waals surface area (Å²) >= 11 is 0. The first-order valence-corrected chi connectivity index (χ1v) is 13.9. The number of carbonyl (C=O) groups excluding carboxylic acids is 2. The lowest BCUT2D eigenvalue weighted by Gasteiger charge is -2.35. The zero-order chi connectivity index (χ0) is 28.9. The molecule has 40 heavy (non-hydrogen) atoms. The van der Waals surface area contributed by atoms with Crippen molar-refractivity contribution in [3.8, 4) is 0 Å². The van der Waals surface area contributed by atoms with Gasteiger partial charge in [-0.05, 0) is 95.2 Å². The Kier molecular flexibility index (Phi) is 9.34. The first-order valence-electron chi connectivity index (χ1n) is 13.9. The number of likely N-dealkylation sites (tertiary alicyclic amines) is 1. The van der Waals surface area contributed by atoms with Crippen molar-refractivity contribution in [2.24, 2.45) is 15.7 Å². The van der Waals surface area contributed by atoms with Crippen molar-refractivity contribution in [3.63, 3.8) is 0 Å². The lowest BCUT2D eigenvalue weighted by atomic mass is 9.96. The molecule has 0 bridgehead atoms. The van der Waals surface area contributed by atoms with Crippen molar-refractivity contribution in [1.29, 1.82) is 0 Å². The van der Waals surface area contributed by atoms with Gasteiger partial charge < -0.3 is 25.5 Å². The third-order valence-electron chi connectivity index (χ3n) is 7.54. The van der Waals surface area contributed by atoms with Crippen molar-refractivity contribution in [3.05, 3.63) is 65.4 Å². The standard InChI is InChI=1S/C30H41N7O3/c1-30(2,40)20-26(38)37-18-11-21(12-19-37)25-6-5-15-32-27(25)34-29(31)33-23-9-7-22(8-10-23)28(39)36(4)24-13-16-35(3)17-14-24/h5-11,15,24,40H,12-14,16-20H2,1-4H3,(H3,31,32,33,34)/p+1. The van der Waals surface area contributed by atoms with Gasteiger partial charge in [0.15, 0.2) is 0 Å². The van der Waals surface area contributed by atoms with E-state index in [1.807, 2.05) is 41.7 Å². The van der Waals surface area contributed by atoms with Crippen molar-refractivity contribution >= 4 is 29.3 Å². The van der Waals surface area contributed by atoms with E-state index in [1.54, 1.807) is 43.0 Å². The molecule has 2 amide bonds. The average Bonchev–Trinajstić information content (AvgIpc) is 2.92. The Morgan fingerprint density at radius 2 is 1.88 bits per heavy atom. The Morgan fingerprint density at radius 3 is 2.50 bits per heavy atom. The van der Waals surface area contributed by atoms with E-state index in [0.29, 0.717) is 36.6 Å². The van der Waals surface area contributed by atoms with E-state index >= 15 is 0 Å². The van der Waals surface area contributed by atoms with Gasteiger partial charge in [0.2, 0.25) is 17.7 Å². The van der Waals surface area contributed by atoms with Gasteiger partial charge in [-0.25, -0.2) is 4.99 Å². The van der Waals surface area contributed by atoms with Crippen LogP contribution in [0.25, 0.3) is 0 Å². The van der Waals surface area contributed by atoms with Crippen LogP contribution in [0.2, 0.25) is 0 Å². The summed E-state index contributed by atoms with van der Waals surface area (Å²) in [5.41, 5.74) is 8.49. The van der Waals surface area contributed by atoms with Crippen LogP contribution in [0, 0.1) is 0 Å². The van der Waals surface area contributed by atoms with Crippen LogP contribution >= 0.6 is 0 Å². The van der Waals surface area contributed by atoms with Gasteiger partial charge in [-0.3, -0.25) is 14.9 Å². The van der Waals surface area contributed by atoms with E-state index in [2.05, 4.69) is 21.9 Å². The number of nitrogens with zero attached hydrogens (tertiary/aromatic N) is 5. The molecule has 1 aromatic carbocycles. The van der Waals surface area contributed by atoms with Gasteiger partial charge in [0.1, 0.15) is 0 Å². The smallest absolute Gasteiger partial charge is 0.253 e. The molecule has 1 fully saturated rings. The number of allylic oxidation sites excluding steroid dienone is 2. The van der Waals surface area contributed by atoms with E-state index < -0.39 is 5.60 Å². The number of quaternary nitrogens is 1. The molecular weight excluding hydrogens is 506 g/mol. The van der Waals surface area contributed by atoms with E-state index in [1.165, 1.54) is 0 Å². The molecule has 5 N–H and O–H groups in total. The van der Waals surface area contributed by atoms with Gasteiger partial charge in [0.25, 0.3) is 5.91 Å². The minimum absolute atomic E-state index is 0.0118. The maximum atomic E-state index is 13.0. The van der Waals surface area contributed by atoms with Crippen LogP contribution in [0.15, 0.2) is 69.8 Å². The Balaban J connectivity index is 1.40. The number of aliphatic imine (C=N–C) groups is 2. The molecule has 0 atom stereocenters. The monoisotopic (exact) mass is 548 g/mol. The molecular formula is C30H42N7O3+. The molecule has 3 heterocycles. The quantitative estimate of drug-likeness (QED) is 0.367. The van der Waals surface area contributed by atoms with E-state index in [0.717, 1.165) is 37.1 Å². The van der Waals surface area contributed by atoms with Crippen LogP contribution < -0.4 is 11.1 Å². The number of amidine groups is 1. The highest BCUT2D eigenvalue weighted by atomic mass is 16.3. The predicted molar refractivity (Wildman–Crippen MR) is 157 cm³/mol. The normalized spacial score (nSPS) is 20.4. The summed E-state index contributed by atoms with van der Waals surface area (Å²) in [6.45, 7) is 6.35. The molecule has 10 heteroatoms. The second kappa shape index (κ2) is 12.7. The van der Waals surface area contributed by atoms with Crippen LogP contribution in [-0.4, -0.2) is 95.3 Å². The van der Waals surface area contributed by atoms with Gasteiger partial charge in [-0.1, -0.05) is 6.08 Å². The van der Waals surface area contributed by atoms with Gasteiger partial charge in [0.05, 0.1) is 29.5 Å². The third kappa shape index (κ3) is 7.74. The first kappa shape index (κ1) is 29.4. The topological polar surface area (TPSA) is 131 Å². The number of aliphatic hydroxyl groups is 1. The van der Waals surface area contributed by atoms with Crippen molar-refractivity contribution in [2.75, 3.05) is 40.3 Å². The largest absolute Gasteiger partial charge is 0.390 e. The fourth-order valence-electron chi connectivity index (χ4n) is 5.18. The summed E-state index contributed by atoms with van der Waals surface area (Å²) in [7, 11) is 3.99. The number of hydrogen-bond donors (Lipinski definition) is 3. The molecule has 1 saturated heterocycles. The Bertz CT molecular complexity index is 1250. The third-order valence-corrected chi connectivity index (χ3v) is 7.54. The Labute approximate surface area is 236 Å². The number of hydrogen-bond acceptors (Lipinski definition) is 5. The highest BCUT2D eigenvalue weighted by molar-refractivity contribution is 6.04. The molecule has 0 aliphatic carbocycles. The second-order valence-electron chi connectivity index (χ2n) is 11.4. The maximum Gasteiger partial charge on any atom is 0.253 e. The molecule has 0 unspecified atom stereocenters. The van der Waals surface area contributed by atoms with E-state index in [4.69, 9.17) is 5.73 Å². The summed E-state index contributed by atoms with van der Waals surface area (Å²) in [6, 6.07) is 7.39. The Hall–Kier alpha value is -3.60. The fourth-order valence-corrected chi connectivity index (χ4v) is 5.18. The van der Waals surface area contributed by atoms with Crippen molar-refractivity contribution in [1.82, 2.24) is 14.7 Å². The van der Waals surface area contributed by atoms with Crippen LogP contribution in [0.5, 0.6) is 0 Å². The summed E-state index contributed by atoms with van der Waals surface area (Å²) in [5, 5.41) is 11.9. The average molecular weight is 549 g/mol. The SMILES string of the molecule is CN1CCC(N(C)C(=O)c2ccc(N=C(N)/N=C3\[NH2+]C=CC=C3C3=CCN(C(=O)CC(C)(C)O)CC3)cc2)CC1. The van der Waals surface area contributed by atoms with Crippen LogP contribution in [0.1, 0.15) is 49.9 Å². The number of nitrogens with two attached hydrogens (primary N) is 2. The van der Waals surface area contributed by atoms with Gasteiger partial charge in [-0.15, -0.1) is 0 Å². The molecule has 3 aliphatic rings. The van der Waals surface area contributed by atoms with Gasteiger partial charge >= 0.3 is 0 Å². The molecule has 0 aromatic heterocycles. The lowest BCUT2D eigenvalue weighted by Crippen LogP contribution is -2.83. The molecule has 214 valence electrons. The van der Waals surface area contributed by atoms with E-state index in [-0.39, 0.29) is 30.2 Å². The lowest BCUT2D eigenvalue weighted by molar-refractivity contribution is -0.461. The molecule has 0 radical (unpaired) electrons. The summed E-state index contributed by atoms with van der Waals surface area (Å²) in [5.74, 6) is 0.780. The second-order valence-corrected chi connectivity index (χ2v) is 11.4. The number of carbonyl (C=O) groups is 2. The van der Waals surface area contributed by atoms with Gasteiger partial charge in [0, 0.05) is 31.7 Å². The minimum Gasteiger partial charge on any atom is -0.390 e. The Morgan fingerprint density at radius 1 is 1.18 bits per heavy atom. The molecule has 1 aromatic rings. The molecule has 3 aliphatic heterocycles. The van der Waals surface area contributed by atoms with Crippen molar-refractivity contribution < 1.29 is 20.0 Å². The molecule has 0 spiro atoms. The zero-order valence-corrected chi connectivity index (χ0v) is 24.0. The zero-order valence-electron chi connectivity index (χ0n) is 24.0. The number of guanidine groups is 1.